The zero-order chi connectivity index (χ0) is 20.3. The van der Waals surface area contributed by atoms with E-state index < -0.39 is 11.9 Å². The molecule has 0 bridgehead atoms. The van der Waals surface area contributed by atoms with Crippen molar-refractivity contribution in [3.63, 3.8) is 0 Å². The highest BCUT2D eigenvalue weighted by molar-refractivity contribution is 9.10. The van der Waals surface area contributed by atoms with Gasteiger partial charge in [-0.05, 0) is 60.9 Å². The molecule has 0 fully saturated rings. The van der Waals surface area contributed by atoms with Crippen molar-refractivity contribution in [2.75, 3.05) is 5.01 Å². The van der Waals surface area contributed by atoms with Gasteiger partial charge in [0.15, 0.2) is 0 Å². The van der Waals surface area contributed by atoms with Crippen LogP contribution in [-0.4, -0.2) is 22.7 Å². The van der Waals surface area contributed by atoms with E-state index in [1.54, 1.807) is 18.2 Å². The topological polar surface area (TPSA) is 70.0 Å². The van der Waals surface area contributed by atoms with Crippen molar-refractivity contribution in [3.8, 4) is 0 Å². The molecule has 28 heavy (non-hydrogen) atoms. The standard InChI is InChI=1S/C21H18Br2N2O3/c1-2-19-18(20(26)25(24-19)17-9-7-16(23)8-10-17)12-14(21(27)28)11-13-3-5-15(22)6-4-13/h3-11,18H,2,12H2,1H3,(H,27,28). The van der Waals surface area contributed by atoms with E-state index in [9.17, 15) is 14.7 Å². The summed E-state index contributed by atoms with van der Waals surface area (Å²) in [5, 5.41) is 15.5. The summed E-state index contributed by atoms with van der Waals surface area (Å²) in [6.07, 6.45) is 2.29. The maximum absolute atomic E-state index is 13.0. The summed E-state index contributed by atoms with van der Waals surface area (Å²) >= 11 is 6.74. The lowest BCUT2D eigenvalue weighted by Gasteiger charge is -2.15. The van der Waals surface area contributed by atoms with Crippen molar-refractivity contribution in [1.82, 2.24) is 0 Å². The van der Waals surface area contributed by atoms with E-state index in [4.69, 9.17) is 0 Å². The summed E-state index contributed by atoms with van der Waals surface area (Å²) in [6.45, 7) is 1.92. The lowest BCUT2D eigenvalue weighted by Crippen LogP contribution is -2.28. The van der Waals surface area contributed by atoms with Crippen LogP contribution in [0.3, 0.4) is 0 Å². The summed E-state index contributed by atoms with van der Waals surface area (Å²) in [5.74, 6) is -1.82. The Kier molecular flexibility index (Phi) is 6.46. The van der Waals surface area contributed by atoms with E-state index in [1.165, 1.54) is 5.01 Å². The number of anilines is 1. The van der Waals surface area contributed by atoms with Gasteiger partial charge in [-0.2, -0.15) is 5.10 Å². The van der Waals surface area contributed by atoms with Crippen molar-refractivity contribution in [2.45, 2.75) is 19.8 Å². The van der Waals surface area contributed by atoms with Crippen LogP contribution >= 0.6 is 31.9 Å². The van der Waals surface area contributed by atoms with Crippen LogP contribution in [0, 0.1) is 5.92 Å². The fraction of sp³-hybridized carbons (Fsp3) is 0.190. The number of rotatable bonds is 6. The Morgan fingerprint density at radius 1 is 1.11 bits per heavy atom. The van der Waals surface area contributed by atoms with Crippen molar-refractivity contribution < 1.29 is 14.7 Å². The second-order valence-corrected chi connectivity index (χ2v) is 8.19. The van der Waals surface area contributed by atoms with Crippen LogP contribution in [0.4, 0.5) is 5.69 Å². The number of hydrazone groups is 1. The minimum Gasteiger partial charge on any atom is -0.478 e. The second kappa shape index (κ2) is 8.84. The van der Waals surface area contributed by atoms with Crippen LogP contribution < -0.4 is 5.01 Å². The minimum atomic E-state index is -1.03. The maximum Gasteiger partial charge on any atom is 0.331 e. The molecular weight excluding hydrogens is 488 g/mol. The number of hydrogen-bond acceptors (Lipinski definition) is 3. The molecule has 1 amide bonds. The van der Waals surface area contributed by atoms with Crippen LogP contribution in [0.25, 0.3) is 6.08 Å². The number of halogens is 2. The van der Waals surface area contributed by atoms with E-state index in [0.717, 1.165) is 14.5 Å². The third-order valence-corrected chi connectivity index (χ3v) is 5.54. The molecule has 7 heteroatoms. The second-order valence-electron chi connectivity index (χ2n) is 6.35. The van der Waals surface area contributed by atoms with Gasteiger partial charge in [-0.3, -0.25) is 4.79 Å². The first-order valence-electron chi connectivity index (χ1n) is 8.75. The van der Waals surface area contributed by atoms with E-state index >= 15 is 0 Å². The zero-order valence-electron chi connectivity index (χ0n) is 15.1. The van der Waals surface area contributed by atoms with Crippen LogP contribution in [-0.2, 0) is 9.59 Å². The average molecular weight is 506 g/mol. The first-order chi connectivity index (χ1) is 13.4. The van der Waals surface area contributed by atoms with Gasteiger partial charge in [0, 0.05) is 14.5 Å². The predicted molar refractivity (Wildman–Crippen MR) is 117 cm³/mol. The quantitative estimate of drug-likeness (QED) is 0.527. The Morgan fingerprint density at radius 3 is 2.21 bits per heavy atom. The highest BCUT2D eigenvalue weighted by Crippen LogP contribution is 2.30. The molecule has 3 rings (SSSR count). The summed E-state index contributed by atoms with van der Waals surface area (Å²) in [5.41, 5.74) is 2.30. The number of amides is 1. The minimum absolute atomic E-state index is 0.101. The Labute approximate surface area is 180 Å². The maximum atomic E-state index is 13.0. The van der Waals surface area contributed by atoms with E-state index in [0.29, 0.717) is 17.8 Å². The van der Waals surface area contributed by atoms with Gasteiger partial charge < -0.3 is 5.11 Å². The number of benzene rings is 2. The Balaban J connectivity index is 1.87. The number of hydrogen-bond donors (Lipinski definition) is 1. The van der Waals surface area contributed by atoms with E-state index in [1.807, 2.05) is 43.3 Å². The number of aliphatic carboxylic acids is 1. The molecule has 1 unspecified atom stereocenters. The molecule has 1 aliphatic rings. The lowest BCUT2D eigenvalue weighted by molar-refractivity contribution is -0.132. The smallest absolute Gasteiger partial charge is 0.331 e. The molecule has 0 aromatic heterocycles. The predicted octanol–water partition coefficient (Wildman–Crippen LogP) is 5.50. The molecule has 1 heterocycles. The summed E-state index contributed by atoms with van der Waals surface area (Å²) < 4.78 is 1.82. The zero-order valence-corrected chi connectivity index (χ0v) is 18.3. The van der Waals surface area contributed by atoms with Crippen LogP contribution in [0.2, 0.25) is 0 Å². The fourth-order valence-corrected chi connectivity index (χ4v) is 3.54. The highest BCUT2D eigenvalue weighted by Gasteiger charge is 2.37. The van der Waals surface area contributed by atoms with Crippen LogP contribution in [0.15, 0.2) is 68.2 Å². The molecule has 0 radical (unpaired) electrons. The molecule has 0 saturated heterocycles. The number of carboxylic acids is 1. The molecule has 1 aliphatic heterocycles. The molecular formula is C21H18Br2N2O3. The third kappa shape index (κ3) is 4.59. The van der Waals surface area contributed by atoms with E-state index in [2.05, 4.69) is 37.0 Å². The Morgan fingerprint density at radius 2 is 1.68 bits per heavy atom. The molecule has 2 aromatic rings. The molecule has 1 N–H and O–H groups in total. The Bertz CT molecular complexity index is 951. The first-order valence-corrected chi connectivity index (χ1v) is 10.3. The van der Waals surface area contributed by atoms with Gasteiger partial charge in [0.05, 0.1) is 17.3 Å². The molecule has 0 spiro atoms. The summed E-state index contributed by atoms with van der Waals surface area (Å²) in [7, 11) is 0. The first kappa shape index (κ1) is 20.5. The Hall–Kier alpha value is -2.25. The van der Waals surface area contributed by atoms with Gasteiger partial charge in [-0.1, -0.05) is 50.9 Å². The molecule has 1 atom stereocenters. The molecule has 0 aliphatic carbocycles. The fourth-order valence-electron chi connectivity index (χ4n) is 3.02. The SMILES string of the molecule is CCC1=NN(c2ccc(Br)cc2)C(=O)C1CC(=Cc1ccc(Br)cc1)C(=O)O. The molecule has 2 aromatic carbocycles. The number of carboxylic acid groups (broad SMARTS) is 1. The lowest BCUT2D eigenvalue weighted by atomic mass is 9.92. The summed E-state index contributed by atoms with van der Waals surface area (Å²) in [6, 6.07) is 14.6. The van der Waals surface area contributed by atoms with Gasteiger partial charge in [0.1, 0.15) is 0 Å². The molecule has 5 nitrogen and oxygen atoms in total. The normalized spacial score (nSPS) is 17.0. The monoisotopic (exact) mass is 504 g/mol. The molecule has 144 valence electrons. The summed E-state index contributed by atoms with van der Waals surface area (Å²) in [4.78, 5) is 24.8. The number of nitrogens with zero attached hydrogens (tertiary/aromatic N) is 2. The van der Waals surface area contributed by atoms with Crippen molar-refractivity contribution in [3.05, 3.63) is 68.6 Å². The van der Waals surface area contributed by atoms with Gasteiger partial charge in [0.2, 0.25) is 0 Å². The number of carbonyl (C=O) groups excluding carboxylic acids is 1. The van der Waals surface area contributed by atoms with Crippen molar-refractivity contribution >= 4 is 61.2 Å². The van der Waals surface area contributed by atoms with Crippen LogP contribution in [0.1, 0.15) is 25.3 Å². The van der Waals surface area contributed by atoms with Gasteiger partial charge >= 0.3 is 5.97 Å². The van der Waals surface area contributed by atoms with Gasteiger partial charge in [0.25, 0.3) is 5.91 Å². The van der Waals surface area contributed by atoms with Gasteiger partial charge in [-0.15, -0.1) is 0 Å². The van der Waals surface area contributed by atoms with Crippen molar-refractivity contribution in [1.29, 1.82) is 0 Å². The molecule has 0 saturated carbocycles. The number of carbonyl (C=O) groups is 2. The average Bonchev–Trinajstić information content (AvgIpc) is 2.99. The highest BCUT2D eigenvalue weighted by atomic mass is 79.9. The third-order valence-electron chi connectivity index (χ3n) is 4.48. The van der Waals surface area contributed by atoms with Crippen LogP contribution in [0.5, 0.6) is 0 Å². The van der Waals surface area contributed by atoms with Gasteiger partial charge in [-0.25, -0.2) is 9.80 Å². The van der Waals surface area contributed by atoms with Crippen molar-refractivity contribution in [2.24, 2.45) is 11.0 Å². The largest absolute Gasteiger partial charge is 0.478 e. The van der Waals surface area contributed by atoms with E-state index in [-0.39, 0.29) is 17.9 Å².